The highest BCUT2D eigenvalue weighted by Crippen LogP contribution is 2.43. The van der Waals surface area contributed by atoms with Crippen molar-refractivity contribution in [2.24, 2.45) is 0 Å². The van der Waals surface area contributed by atoms with Crippen LogP contribution in [0.15, 0.2) is 218 Å². The molecule has 0 spiro atoms. The van der Waals surface area contributed by atoms with Crippen molar-refractivity contribution in [3.05, 3.63) is 218 Å². The van der Waals surface area contributed by atoms with Crippen LogP contribution >= 0.6 is 11.3 Å². The predicted octanol–water partition coefficient (Wildman–Crippen LogP) is 15.6. The van der Waals surface area contributed by atoms with Gasteiger partial charge in [0.1, 0.15) is 0 Å². The van der Waals surface area contributed by atoms with E-state index < -0.39 is 0 Å². The van der Waals surface area contributed by atoms with Crippen molar-refractivity contribution in [1.29, 1.82) is 0 Å². The van der Waals surface area contributed by atoms with Gasteiger partial charge in [-0.1, -0.05) is 170 Å². The topological polar surface area (TPSA) is 61.4 Å². The van der Waals surface area contributed by atoms with Crippen molar-refractivity contribution in [3.63, 3.8) is 0 Å². The fraction of sp³-hybridized carbons (Fsp3) is 0. The molecule has 0 amide bonds. The van der Waals surface area contributed by atoms with Crippen LogP contribution < -0.4 is 0 Å². The molecule has 0 unspecified atom stereocenters. The van der Waals surface area contributed by atoms with E-state index in [-0.39, 0.29) is 0 Å². The van der Waals surface area contributed by atoms with Crippen LogP contribution in [0.1, 0.15) is 0 Å². The van der Waals surface area contributed by atoms with E-state index in [1.165, 1.54) is 26.6 Å². The molecule has 0 atom stereocenters. The number of aromatic nitrogens is 6. The molecule has 0 bridgehead atoms. The first-order chi connectivity index (χ1) is 33.2. The van der Waals surface area contributed by atoms with E-state index in [0.717, 1.165) is 93.0 Å². The van der Waals surface area contributed by atoms with E-state index in [1.807, 2.05) is 12.1 Å². The lowest BCUT2D eigenvalue weighted by Gasteiger charge is -2.12. The van der Waals surface area contributed by atoms with Crippen molar-refractivity contribution in [3.8, 4) is 56.0 Å². The van der Waals surface area contributed by atoms with Crippen LogP contribution in [0.25, 0.3) is 131 Å². The molecule has 14 rings (SSSR count). The lowest BCUT2D eigenvalue weighted by atomic mass is 9.99. The Hall–Kier alpha value is -8.78. The Morgan fingerprint density at radius 1 is 0.313 bits per heavy atom. The van der Waals surface area contributed by atoms with E-state index in [9.17, 15) is 0 Å². The fourth-order valence-corrected chi connectivity index (χ4v) is 11.2. The number of thiophene rings is 1. The van der Waals surface area contributed by atoms with Gasteiger partial charge in [-0.05, 0) is 76.0 Å². The zero-order chi connectivity index (χ0) is 44.0. The third-order valence-corrected chi connectivity index (χ3v) is 14.3. The lowest BCUT2D eigenvalue weighted by molar-refractivity contribution is 1.01. The maximum Gasteiger partial charge on any atom is 0.235 e. The number of rotatable bonds is 6. The van der Waals surface area contributed by atoms with Crippen LogP contribution in [0.5, 0.6) is 0 Å². The van der Waals surface area contributed by atoms with Gasteiger partial charge < -0.3 is 0 Å². The Bertz CT molecular complexity index is 4270. The number of benzene rings is 9. The average Bonchev–Trinajstić information content (AvgIpc) is 4.09. The Kier molecular flexibility index (Phi) is 8.35. The van der Waals surface area contributed by atoms with Gasteiger partial charge in [-0.2, -0.15) is 0 Å². The van der Waals surface area contributed by atoms with Crippen LogP contribution in [-0.2, 0) is 0 Å². The van der Waals surface area contributed by atoms with E-state index in [1.54, 1.807) is 11.3 Å². The Labute approximate surface area is 388 Å². The Morgan fingerprint density at radius 3 is 1.58 bits per heavy atom. The summed E-state index contributed by atoms with van der Waals surface area (Å²) < 4.78 is 5.55. The normalized spacial score (nSPS) is 11.9. The summed E-state index contributed by atoms with van der Waals surface area (Å²) in [6.07, 6.45) is 0. The third-order valence-electron chi connectivity index (χ3n) is 13.2. The minimum absolute atomic E-state index is 0.646. The molecule has 0 aliphatic carbocycles. The van der Waals surface area contributed by atoms with Crippen molar-refractivity contribution in [2.45, 2.75) is 0 Å². The highest BCUT2D eigenvalue weighted by Gasteiger charge is 2.22. The summed E-state index contributed by atoms with van der Waals surface area (Å²) in [6.45, 7) is 0. The van der Waals surface area contributed by atoms with Crippen molar-refractivity contribution >= 4 is 86.8 Å². The average molecular weight is 873 g/mol. The molecule has 67 heavy (non-hydrogen) atoms. The van der Waals surface area contributed by atoms with E-state index in [2.05, 4.69) is 215 Å². The Balaban J connectivity index is 0.976. The van der Waals surface area contributed by atoms with Gasteiger partial charge in [0.2, 0.25) is 11.9 Å². The SMILES string of the molecule is c1ccc(-c2cc3nc(-n4c5ccc(-c6ccc7c(c6)c6ccccc6n7-c6nc(-c7ccccc7)c7ccccc7n6)cc5c5c6ccccc6ccc54)nc(-c4ccccc4)c3s2)cc1. The van der Waals surface area contributed by atoms with Gasteiger partial charge in [-0.25, -0.2) is 19.9 Å². The van der Waals surface area contributed by atoms with Crippen LogP contribution in [0.2, 0.25) is 0 Å². The van der Waals surface area contributed by atoms with E-state index in [0.29, 0.717) is 11.9 Å². The molecule has 5 heterocycles. The number of fused-ring (bicyclic) bond motifs is 10. The van der Waals surface area contributed by atoms with Gasteiger partial charge in [0.15, 0.2) is 0 Å². The van der Waals surface area contributed by atoms with Gasteiger partial charge in [-0.15, -0.1) is 11.3 Å². The second-order valence-corrected chi connectivity index (χ2v) is 18.1. The minimum Gasteiger partial charge on any atom is -0.278 e. The monoisotopic (exact) mass is 872 g/mol. The minimum atomic E-state index is 0.646. The summed E-state index contributed by atoms with van der Waals surface area (Å²) in [7, 11) is 0. The molecule has 5 aromatic heterocycles. The van der Waals surface area contributed by atoms with Gasteiger partial charge in [0.25, 0.3) is 0 Å². The number of nitrogens with zero attached hydrogens (tertiary/aromatic N) is 6. The molecule has 0 radical (unpaired) electrons. The summed E-state index contributed by atoms with van der Waals surface area (Å²) in [5, 5.41) is 8.01. The summed E-state index contributed by atoms with van der Waals surface area (Å²) in [6, 6.07) is 77.3. The van der Waals surface area contributed by atoms with Crippen molar-refractivity contribution in [2.75, 3.05) is 0 Å². The predicted molar refractivity (Wildman–Crippen MR) is 278 cm³/mol. The maximum absolute atomic E-state index is 5.46. The standard InChI is InChI=1S/C60H36N6S/c1-4-17-38(18-5-1)54-36-49-58(67-54)57(40-21-8-3-9-22-40)64-60(62-49)66-52-32-30-42(35-47(52)55-43-23-11-10-16-37(43)28-33-53(55)66)41-29-31-51-46(34-41)44-24-13-15-27-50(44)65(51)59-61-48-26-14-12-25-45(48)56(63-59)39-19-6-2-7-20-39/h1-36H. The van der Waals surface area contributed by atoms with E-state index >= 15 is 0 Å². The second kappa shape index (κ2) is 14.9. The summed E-state index contributed by atoms with van der Waals surface area (Å²) >= 11 is 1.75. The molecule has 7 heteroatoms. The smallest absolute Gasteiger partial charge is 0.235 e. The van der Waals surface area contributed by atoms with Crippen LogP contribution in [0.4, 0.5) is 0 Å². The lowest BCUT2D eigenvalue weighted by Crippen LogP contribution is -2.03. The number of hydrogen-bond donors (Lipinski definition) is 0. The largest absolute Gasteiger partial charge is 0.278 e. The zero-order valence-corrected chi connectivity index (χ0v) is 36.7. The van der Waals surface area contributed by atoms with Crippen LogP contribution in [-0.4, -0.2) is 29.1 Å². The van der Waals surface area contributed by atoms with Gasteiger partial charge in [0, 0.05) is 42.9 Å². The maximum atomic E-state index is 5.46. The molecule has 9 aromatic carbocycles. The first-order valence-corrected chi connectivity index (χ1v) is 23.3. The zero-order valence-electron chi connectivity index (χ0n) is 35.9. The molecular weight excluding hydrogens is 837 g/mol. The van der Waals surface area contributed by atoms with Crippen molar-refractivity contribution in [1.82, 2.24) is 29.1 Å². The quantitative estimate of drug-likeness (QED) is 0.167. The summed E-state index contributed by atoms with van der Waals surface area (Å²) in [5.74, 6) is 1.29. The van der Waals surface area contributed by atoms with Gasteiger partial charge >= 0.3 is 0 Å². The van der Waals surface area contributed by atoms with Crippen molar-refractivity contribution < 1.29 is 0 Å². The molecule has 0 aliphatic rings. The summed E-state index contributed by atoms with van der Waals surface area (Å²) in [4.78, 5) is 22.5. The molecule has 0 aliphatic heterocycles. The molecule has 0 saturated carbocycles. The van der Waals surface area contributed by atoms with Crippen LogP contribution in [0, 0.1) is 0 Å². The molecule has 0 saturated heterocycles. The van der Waals surface area contributed by atoms with Gasteiger partial charge in [-0.3, -0.25) is 9.13 Å². The molecule has 6 nitrogen and oxygen atoms in total. The second-order valence-electron chi connectivity index (χ2n) is 17.0. The molecular formula is C60H36N6S. The highest BCUT2D eigenvalue weighted by atomic mass is 32.1. The highest BCUT2D eigenvalue weighted by molar-refractivity contribution is 7.22. The third kappa shape index (κ3) is 5.95. The molecule has 312 valence electrons. The molecule has 14 aromatic rings. The first-order valence-electron chi connectivity index (χ1n) is 22.5. The molecule has 0 N–H and O–H groups in total. The summed E-state index contributed by atoms with van der Waals surface area (Å²) in [5.41, 5.74) is 13.4. The number of hydrogen-bond acceptors (Lipinski definition) is 5. The number of para-hydroxylation sites is 2. The fourth-order valence-electron chi connectivity index (χ4n) is 10.1. The van der Waals surface area contributed by atoms with Gasteiger partial charge in [0.05, 0.1) is 49.2 Å². The molecule has 0 fully saturated rings. The van der Waals surface area contributed by atoms with E-state index in [4.69, 9.17) is 19.9 Å². The van der Waals surface area contributed by atoms with Crippen LogP contribution in [0.3, 0.4) is 0 Å². The Morgan fingerprint density at radius 2 is 0.836 bits per heavy atom. The first kappa shape index (κ1) is 37.6.